The molecule has 1 N–H and O–H groups in total. The van der Waals surface area contributed by atoms with E-state index in [1.165, 1.54) is 0 Å². The van der Waals surface area contributed by atoms with Gasteiger partial charge in [-0.1, -0.05) is 26.1 Å². The summed E-state index contributed by atoms with van der Waals surface area (Å²) in [5, 5.41) is 3.14. The maximum Gasteiger partial charge on any atom is 0.135 e. The van der Waals surface area contributed by atoms with Gasteiger partial charge >= 0.3 is 0 Å². The van der Waals surface area contributed by atoms with Crippen molar-refractivity contribution in [3.05, 3.63) is 0 Å². The zero-order valence-electron chi connectivity index (χ0n) is 13.3. The van der Waals surface area contributed by atoms with Crippen LogP contribution in [0.25, 0.3) is 0 Å². The number of thiocarbonyl (C=S) groups is 1. The number of hydrogen-bond acceptors (Lipinski definition) is 3. The van der Waals surface area contributed by atoms with E-state index < -0.39 is 0 Å². The van der Waals surface area contributed by atoms with Gasteiger partial charge in [0.2, 0.25) is 0 Å². The SMILES string of the molecule is CCC(C)(CCOC(C)(C)CCNC(C)=S)C(C)=O. The summed E-state index contributed by atoms with van der Waals surface area (Å²) in [6.07, 6.45) is 2.53. The van der Waals surface area contributed by atoms with Crippen LogP contribution in [0.5, 0.6) is 0 Å². The summed E-state index contributed by atoms with van der Waals surface area (Å²) in [5.74, 6) is 0.245. The molecule has 0 fully saturated rings. The van der Waals surface area contributed by atoms with E-state index in [1.807, 2.05) is 13.8 Å². The Morgan fingerprint density at radius 1 is 1.21 bits per heavy atom. The standard InChI is InChI=1S/C15H29NO2S/c1-7-15(6,12(2)17)9-11-18-14(4,5)8-10-16-13(3)19/h7-11H2,1-6H3,(H,16,19). The Bertz CT molecular complexity index is 315. The highest BCUT2D eigenvalue weighted by Crippen LogP contribution is 2.28. The van der Waals surface area contributed by atoms with Crippen LogP contribution in [0.4, 0.5) is 0 Å². The molecule has 0 saturated heterocycles. The van der Waals surface area contributed by atoms with E-state index in [9.17, 15) is 4.79 Å². The van der Waals surface area contributed by atoms with E-state index in [2.05, 4.69) is 26.1 Å². The van der Waals surface area contributed by atoms with Crippen molar-refractivity contribution < 1.29 is 9.53 Å². The third-order valence-electron chi connectivity index (χ3n) is 3.88. The Balaban J connectivity index is 4.10. The van der Waals surface area contributed by atoms with Gasteiger partial charge in [0, 0.05) is 18.6 Å². The van der Waals surface area contributed by atoms with Crippen molar-refractivity contribution in [1.82, 2.24) is 5.32 Å². The highest BCUT2D eigenvalue weighted by Gasteiger charge is 2.28. The van der Waals surface area contributed by atoms with Gasteiger partial charge < -0.3 is 10.1 Å². The molecule has 0 rings (SSSR count). The van der Waals surface area contributed by atoms with E-state index in [4.69, 9.17) is 17.0 Å². The predicted octanol–water partition coefficient (Wildman–Crippen LogP) is 3.50. The normalized spacial score (nSPS) is 14.8. The minimum absolute atomic E-state index is 0.191. The van der Waals surface area contributed by atoms with Crippen LogP contribution in [0.3, 0.4) is 0 Å². The molecule has 0 heterocycles. The quantitative estimate of drug-likeness (QED) is 0.659. The number of carbonyl (C=O) groups excluding carboxylic acids is 1. The third kappa shape index (κ3) is 7.63. The molecular formula is C15H29NO2S. The summed E-state index contributed by atoms with van der Waals surface area (Å²) in [6.45, 7) is 13.2. The van der Waals surface area contributed by atoms with Crippen molar-refractivity contribution in [2.75, 3.05) is 13.2 Å². The van der Waals surface area contributed by atoms with E-state index in [1.54, 1.807) is 6.92 Å². The van der Waals surface area contributed by atoms with Gasteiger partial charge in [0.05, 0.1) is 10.6 Å². The van der Waals surface area contributed by atoms with E-state index in [-0.39, 0.29) is 16.8 Å². The molecule has 3 nitrogen and oxygen atoms in total. The third-order valence-corrected chi connectivity index (χ3v) is 4.02. The Morgan fingerprint density at radius 3 is 2.21 bits per heavy atom. The highest BCUT2D eigenvalue weighted by atomic mass is 32.1. The van der Waals surface area contributed by atoms with E-state index in [0.717, 1.165) is 30.8 Å². The van der Waals surface area contributed by atoms with Gasteiger partial charge in [-0.25, -0.2) is 0 Å². The molecule has 0 bridgehead atoms. The summed E-state index contributed by atoms with van der Waals surface area (Å²) in [5.41, 5.74) is -0.442. The highest BCUT2D eigenvalue weighted by molar-refractivity contribution is 7.80. The topological polar surface area (TPSA) is 38.3 Å². The van der Waals surface area contributed by atoms with Crippen LogP contribution in [0, 0.1) is 5.41 Å². The molecule has 112 valence electrons. The largest absolute Gasteiger partial charge is 0.380 e. The van der Waals surface area contributed by atoms with Gasteiger partial charge in [0.15, 0.2) is 0 Å². The second-order valence-electron chi connectivity index (χ2n) is 6.06. The van der Waals surface area contributed by atoms with Crippen LogP contribution in [0.15, 0.2) is 0 Å². The molecule has 0 aromatic heterocycles. The molecule has 0 spiro atoms. The number of ketones is 1. The molecule has 19 heavy (non-hydrogen) atoms. The van der Waals surface area contributed by atoms with Crippen LogP contribution >= 0.6 is 12.2 Å². The minimum atomic E-state index is -0.251. The smallest absolute Gasteiger partial charge is 0.135 e. The zero-order chi connectivity index (χ0) is 15.1. The molecule has 1 unspecified atom stereocenters. The Kier molecular flexibility index (Phi) is 7.75. The predicted molar refractivity (Wildman–Crippen MR) is 84.6 cm³/mol. The monoisotopic (exact) mass is 287 g/mol. The molecule has 4 heteroatoms. The summed E-state index contributed by atoms with van der Waals surface area (Å²) in [7, 11) is 0. The Morgan fingerprint density at radius 2 is 1.79 bits per heavy atom. The number of rotatable bonds is 9. The van der Waals surface area contributed by atoms with Crippen molar-refractivity contribution >= 4 is 23.0 Å². The molecule has 0 saturated carbocycles. The first-order valence-electron chi connectivity index (χ1n) is 7.02. The first kappa shape index (κ1) is 18.5. The molecule has 0 aromatic carbocycles. The molecule has 0 amide bonds. The van der Waals surface area contributed by atoms with Gasteiger partial charge in [-0.15, -0.1) is 0 Å². The first-order valence-corrected chi connectivity index (χ1v) is 7.43. The summed E-state index contributed by atoms with van der Waals surface area (Å²) in [6, 6.07) is 0. The fourth-order valence-corrected chi connectivity index (χ4v) is 1.87. The van der Waals surface area contributed by atoms with Gasteiger partial charge in [-0.05, 0) is 47.0 Å². The maximum atomic E-state index is 11.6. The van der Waals surface area contributed by atoms with Crippen molar-refractivity contribution in [2.24, 2.45) is 5.41 Å². The Hall–Kier alpha value is -0.480. The molecule has 0 aliphatic carbocycles. The Labute approximate surface area is 123 Å². The van der Waals surface area contributed by atoms with Gasteiger partial charge in [0.1, 0.15) is 5.78 Å². The maximum absolute atomic E-state index is 11.6. The molecule has 0 aromatic rings. The van der Waals surface area contributed by atoms with E-state index >= 15 is 0 Å². The number of nitrogens with one attached hydrogen (secondary N) is 1. The number of Topliss-reactive ketones (excluding diaryl/α,β-unsaturated/α-hetero) is 1. The van der Waals surface area contributed by atoms with Crippen molar-refractivity contribution in [2.45, 2.75) is 66.4 Å². The average molecular weight is 287 g/mol. The van der Waals surface area contributed by atoms with Gasteiger partial charge in [-0.3, -0.25) is 4.79 Å². The first-order chi connectivity index (χ1) is 8.63. The van der Waals surface area contributed by atoms with Crippen molar-refractivity contribution in [1.29, 1.82) is 0 Å². The lowest BCUT2D eigenvalue weighted by molar-refractivity contribution is -0.128. The summed E-state index contributed by atoms with van der Waals surface area (Å²) < 4.78 is 5.92. The van der Waals surface area contributed by atoms with Crippen molar-refractivity contribution in [3.63, 3.8) is 0 Å². The fraction of sp³-hybridized carbons (Fsp3) is 0.867. The molecule has 0 radical (unpaired) electrons. The lowest BCUT2D eigenvalue weighted by Crippen LogP contribution is -2.33. The van der Waals surface area contributed by atoms with Crippen LogP contribution in [0.1, 0.15) is 60.8 Å². The van der Waals surface area contributed by atoms with Crippen LogP contribution < -0.4 is 5.32 Å². The number of ether oxygens (including phenoxy) is 1. The molecule has 0 aliphatic rings. The fourth-order valence-electron chi connectivity index (χ4n) is 1.77. The van der Waals surface area contributed by atoms with Crippen LogP contribution in [-0.4, -0.2) is 29.5 Å². The summed E-state index contributed by atoms with van der Waals surface area (Å²) >= 11 is 4.98. The lowest BCUT2D eigenvalue weighted by atomic mass is 9.81. The minimum Gasteiger partial charge on any atom is -0.380 e. The second-order valence-corrected chi connectivity index (χ2v) is 6.67. The van der Waals surface area contributed by atoms with Crippen LogP contribution in [0.2, 0.25) is 0 Å². The average Bonchev–Trinajstić information content (AvgIpc) is 2.27. The van der Waals surface area contributed by atoms with E-state index in [0.29, 0.717) is 6.61 Å². The summed E-state index contributed by atoms with van der Waals surface area (Å²) in [4.78, 5) is 12.4. The molecule has 0 aliphatic heterocycles. The second kappa shape index (κ2) is 7.95. The lowest BCUT2D eigenvalue weighted by Gasteiger charge is -2.30. The van der Waals surface area contributed by atoms with Crippen LogP contribution in [-0.2, 0) is 9.53 Å². The zero-order valence-corrected chi connectivity index (χ0v) is 14.1. The molecule has 1 atom stereocenters. The van der Waals surface area contributed by atoms with Gasteiger partial charge in [0.25, 0.3) is 0 Å². The number of carbonyl (C=O) groups is 1. The van der Waals surface area contributed by atoms with Crippen molar-refractivity contribution in [3.8, 4) is 0 Å². The molecular weight excluding hydrogens is 258 g/mol. The van der Waals surface area contributed by atoms with Gasteiger partial charge in [-0.2, -0.15) is 0 Å². The number of hydrogen-bond donors (Lipinski definition) is 1.